The number of carboxylic acid groups (broad SMARTS) is 1. The molecule has 8 heteroatoms. The Morgan fingerprint density at radius 2 is 1.64 bits per heavy atom. The largest absolute Gasteiger partial charge is 0.530 e. The predicted molar refractivity (Wildman–Crippen MR) is 165 cm³/mol. The maximum absolute atomic E-state index is 13.2. The standard InChI is InChI=1S/C34H45N3O4S/c1-28-11-9-12-30(25-28)26-37(34(38)39)21-10-13-29-18-22-36(23-19-29)24-20-32(31-14-5-3-6-15-31)27-35(2)42(40,41)33-16-7-4-8-17-33/h3-9,11-12,14-17,25,29,32H,10,13,18-24,26-27H2,1-2H3,(H,38,39)/p-1. The zero-order valence-corrected chi connectivity index (χ0v) is 25.7. The zero-order valence-electron chi connectivity index (χ0n) is 24.9. The molecule has 1 aliphatic rings. The maximum Gasteiger partial charge on any atom is 0.242 e. The van der Waals surface area contributed by atoms with Crippen LogP contribution in [0.1, 0.15) is 54.7 Å². The number of amides is 1. The van der Waals surface area contributed by atoms with Gasteiger partial charge < -0.3 is 19.7 Å². The smallest absolute Gasteiger partial charge is 0.242 e. The topological polar surface area (TPSA) is 84.0 Å². The van der Waals surface area contributed by atoms with Crippen molar-refractivity contribution >= 4 is 16.1 Å². The van der Waals surface area contributed by atoms with Gasteiger partial charge in [-0.05, 0) is 93.8 Å². The number of likely N-dealkylation sites (N-methyl/N-ethyl adjacent to an activating group) is 1. The van der Waals surface area contributed by atoms with Gasteiger partial charge in [0.15, 0.2) is 0 Å². The van der Waals surface area contributed by atoms with Crippen LogP contribution in [0.15, 0.2) is 89.8 Å². The molecule has 0 N–H and O–H groups in total. The Morgan fingerprint density at radius 1 is 0.976 bits per heavy atom. The Hall–Kier alpha value is -3.20. The molecule has 226 valence electrons. The fraction of sp³-hybridized carbons (Fsp3) is 0.441. The Bertz CT molecular complexity index is 1360. The molecule has 0 aromatic heterocycles. The third kappa shape index (κ3) is 9.15. The van der Waals surface area contributed by atoms with Crippen LogP contribution in [0.5, 0.6) is 0 Å². The fourth-order valence-corrected chi connectivity index (χ4v) is 7.18. The molecule has 42 heavy (non-hydrogen) atoms. The number of nitrogens with zero attached hydrogens (tertiary/aromatic N) is 3. The highest BCUT2D eigenvalue weighted by atomic mass is 32.2. The summed E-state index contributed by atoms with van der Waals surface area (Å²) in [5.41, 5.74) is 3.27. The van der Waals surface area contributed by atoms with Gasteiger partial charge in [0.2, 0.25) is 10.0 Å². The molecule has 4 rings (SSSR count). The first-order valence-electron chi connectivity index (χ1n) is 15.0. The molecule has 3 aromatic carbocycles. The van der Waals surface area contributed by atoms with Crippen LogP contribution in [0.25, 0.3) is 0 Å². The minimum absolute atomic E-state index is 0.0939. The molecule has 1 saturated heterocycles. The Morgan fingerprint density at radius 3 is 2.29 bits per heavy atom. The van der Waals surface area contributed by atoms with E-state index in [1.165, 1.54) is 9.21 Å². The molecular formula is C34H44N3O4S-. The fourth-order valence-electron chi connectivity index (χ4n) is 5.94. The summed E-state index contributed by atoms with van der Waals surface area (Å²) in [7, 11) is -1.88. The molecule has 7 nitrogen and oxygen atoms in total. The van der Waals surface area contributed by atoms with E-state index >= 15 is 0 Å². The van der Waals surface area contributed by atoms with E-state index in [4.69, 9.17) is 0 Å². The van der Waals surface area contributed by atoms with Crippen molar-refractivity contribution in [1.82, 2.24) is 14.1 Å². The number of likely N-dealkylation sites (tertiary alicyclic amines) is 1. The van der Waals surface area contributed by atoms with Crippen LogP contribution >= 0.6 is 0 Å². The quantitative estimate of drug-likeness (QED) is 0.260. The SMILES string of the molecule is Cc1cccc(CN(CCCC2CCN(CCC(CN(C)S(=O)(=O)c3ccccc3)c3ccccc3)CC2)C(=O)[O-])c1. The Balaban J connectivity index is 1.25. The molecular weight excluding hydrogens is 546 g/mol. The molecule has 1 amide bonds. The van der Waals surface area contributed by atoms with Crippen molar-refractivity contribution in [2.75, 3.05) is 39.8 Å². The van der Waals surface area contributed by atoms with Crippen molar-refractivity contribution in [2.24, 2.45) is 5.92 Å². The molecule has 3 aromatic rings. The lowest BCUT2D eigenvalue weighted by Gasteiger charge is -2.34. The van der Waals surface area contributed by atoms with E-state index in [2.05, 4.69) is 17.0 Å². The lowest BCUT2D eigenvalue weighted by Crippen LogP contribution is -2.41. The number of carbonyl (C=O) groups is 1. The third-order valence-electron chi connectivity index (χ3n) is 8.46. The van der Waals surface area contributed by atoms with Crippen molar-refractivity contribution < 1.29 is 18.3 Å². The van der Waals surface area contributed by atoms with E-state index in [1.807, 2.05) is 55.5 Å². The summed E-state index contributed by atoms with van der Waals surface area (Å²) in [6, 6.07) is 26.8. The second kappa shape index (κ2) is 15.3. The summed E-state index contributed by atoms with van der Waals surface area (Å²) < 4.78 is 27.9. The van der Waals surface area contributed by atoms with Crippen molar-refractivity contribution in [2.45, 2.75) is 56.4 Å². The number of hydrogen-bond acceptors (Lipinski definition) is 5. The molecule has 0 aliphatic carbocycles. The van der Waals surface area contributed by atoms with Gasteiger partial charge in [-0.15, -0.1) is 0 Å². The van der Waals surface area contributed by atoms with Gasteiger partial charge in [-0.25, -0.2) is 12.7 Å². The maximum atomic E-state index is 13.2. The van der Waals surface area contributed by atoms with Crippen molar-refractivity contribution in [3.05, 3.63) is 102 Å². The van der Waals surface area contributed by atoms with Crippen LogP contribution < -0.4 is 5.11 Å². The van der Waals surface area contributed by atoms with Crippen LogP contribution in [-0.4, -0.2) is 68.4 Å². The Labute approximate surface area is 251 Å². The van der Waals surface area contributed by atoms with E-state index < -0.39 is 16.1 Å². The summed E-state index contributed by atoms with van der Waals surface area (Å²) >= 11 is 0. The second-order valence-corrected chi connectivity index (χ2v) is 13.6. The lowest BCUT2D eigenvalue weighted by atomic mass is 9.91. The third-order valence-corrected chi connectivity index (χ3v) is 10.3. The highest BCUT2D eigenvalue weighted by Crippen LogP contribution is 2.27. The summed E-state index contributed by atoms with van der Waals surface area (Å²) in [4.78, 5) is 15.9. The molecule has 0 spiro atoms. The average Bonchev–Trinajstić information content (AvgIpc) is 3.00. The van der Waals surface area contributed by atoms with Crippen molar-refractivity contribution in [3.63, 3.8) is 0 Å². The summed E-state index contributed by atoms with van der Waals surface area (Å²) in [5.74, 6) is 0.687. The molecule has 1 atom stereocenters. The highest BCUT2D eigenvalue weighted by Gasteiger charge is 2.26. The number of benzene rings is 3. The molecule has 1 heterocycles. The number of hydrogen-bond donors (Lipinski definition) is 0. The molecule has 1 unspecified atom stereocenters. The van der Waals surface area contributed by atoms with Crippen LogP contribution in [0.2, 0.25) is 0 Å². The minimum Gasteiger partial charge on any atom is -0.530 e. The molecule has 0 bridgehead atoms. The van der Waals surface area contributed by atoms with Gasteiger partial charge in [-0.3, -0.25) is 0 Å². The summed E-state index contributed by atoms with van der Waals surface area (Å²) in [5, 5.41) is 11.7. The normalized spacial score (nSPS) is 15.5. The molecule has 1 fully saturated rings. The van der Waals surface area contributed by atoms with Gasteiger partial charge in [0.25, 0.3) is 0 Å². The number of aryl methyl sites for hydroxylation is 1. The molecule has 0 saturated carbocycles. The Kier molecular flexibility index (Phi) is 11.6. The van der Waals surface area contributed by atoms with Crippen molar-refractivity contribution in [3.8, 4) is 0 Å². The number of carbonyl (C=O) groups excluding carboxylic acids is 1. The number of rotatable bonds is 14. The van der Waals surface area contributed by atoms with Crippen LogP contribution in [-0.2, 0) is 16.6 Å². The predicted octanol–water partition coefficient (Wildman–Crippen LogP) is 5.13. The number of sulfonamides is 1. The highest BCUT2D eigenvalue weighted by molar-refractivity contribution is 7.89. The molecule has 1 aliphatic heterocycles. The van der Waals surface area contributed by atoms with E-state index in [0.29, 0.717) is 30.4 Å². The zero-order chi connectivity index (χ0) is 30.0. The van der Waals surface area contributed by atoms with Crippen LogP contribution in [0.4, 0.5) is 4.79 Å². The van der Waals surface area contributed by atoms with Gasteiger partial charge in [-0.2, -0.15) is 0 Å². The van der Waals surface area contributed by atoms with Crippen LogP contribution in [0, 0.1) is 12.8 Å². The molecule has 0 radical (unpaired) electrons. The van der Waals surface area contributed by atoms with Crippen molar-refractivity contribution in [1.29, 1.82) is 0 Å². The first-order chi connectivity index (χ1) is 20.2. The number of piperidine rings is 1. The monoisotopic (exact) mass is 590 g/mol. The van der Waals surface area contributed by atoms with E-state index in [0.717, 1.165) is 68.4 Å². The van der Waals surface area contributed by atoms with Gasteiger partial charge in [0.05, 0.1) is 4.90 Å². The average molecular weight is 591 g/mol. The second-order valence-electron chi connectivity index (χ2n) is 11.6. The summed E-state index contributed by atoms with van der Waals surface area (Å²) in [6.07, 6.45) is 3.82. The van der Waals surface area contributed by atoms with E-state index in [9.17, 15) is 18.3 Å². The van der Waals surface area contributed by atoms with Gasteiger partial charge >= 0.3 is 0 Å². The lowest BCUT2D eigenvalue weighted by molar-refractivity contribution is -0.266. The van der Waals surface area contributed by atoms with Crippen LogP contribution in [0.3, 0.4) is 0 Å². The first kappa shape index (κ1) is 31.7. The minimum atomic E-state index is -3.56. The van der Waals surface area contributed by atoms with Gasteiger partial charge in [-0.1, -0.05) is 78.4 Å². The summed E-state index contributed by atoms with van der Waals surface area (Å²) in [6.45, 7) is 6.24. The van der Waals surface area contributed by atoms with E-state index in [-0.39, 0.29) is 5.92 Å². The first-order valence-corrected chi connectivity index (χ1v) is 16.5. The van der Waals surface area contributed by atoms with Gasteiger partial charge in [0, 0.05) is 26.7 Å². The van der Waals surface area contributed by atoms with Gasteiger partial charge in [0.1, 0.15) is 6.09 Å². The van der Waals surface area contributed by atoms with E-state index in [1.54, 1.807) is 31.3 Å².